The molecule has 0 amide bonds. The monoisotopic (exact) mass is 248 g/mol. The molecule has 1 atom stereocenters. The Morgan fingerprint density at radius 1 is 1.44 bits per heavy atom. The van der Waals surface area contributed by atoms with Gasteiger partial charge in [-0.1, -0.05) is 23.7 Å². The Balaban J connectivity index is 2.81. The van der Waals surface area contributed by atoms with Gasteiger partial charge in [0.25, 0.3) is 6.43 Å². The molecular weight excluding hydrogens is 234 g/mol. The van der Waals surface area contributed by atoms with Crippen molar-refractivity contribution in [3.8, 4) is 0 Å². The summed E-state index contributed by atoms with van der Waals surface area (Å²) >= 11 is 5.85. The van der Waals surface area contributed by atoms with E-state index in [-0.39, 0.29) is 19.1 Å². The summed E-state index contributed by atoms with van der Waals surface area (Å²) in [5, 5.41) is 0.585. The van der Waals surface area contributed by atoms with Crippen molar-refractivity contribution in [2.24, 2.45) is 5.73 Å². The number of benzene rings is 1. The fourth-order valence-corrected chi connectivity index (χ4v) is 1.83. The number of likely N-dealkylation sites (N-methyl/N-ethyl adjacent to an activating group) is 1. The first-order valence-electron chi connectivity index (χ1n) is 4.98. The zero-order valence-electron chi connectivity index (χ0n) is 9.04. The maximum absolute atomic E-state index is 12.3. The van der Waals surface area contributed by atoms with E-state index in [0.717, 1.165) is 5.56 Å². The van der Waals surface area contributed by atoms with Crippen LogP contribution in [0.15, 0.2) is 24.3 Å². The molecule has 0 bridgehead atoms. The van der Waals surface area contributed by atoms with Gasteiger partial charge in [0.15, 0.2) is 0 Å². The normalized spacial score (nSPS) is 13.4. The lowest BCUT2D eigenvalue weighted by Gasteiger charge is -2.27. The van der Waals surface area contributed by atoms with Crippen LogP contribution in [0, 0.1) is 0 Å². The van der Waals surface area contributed by atoms with Crippen molar-refractivity contribution in [3.63, 3.8) is 0 Å². The highest BCUT2D eigenvalue weighted by molar-refractivity contribution is 6.30. The Kier molecular flexibility index (Phi) is 5.12. The summed E-state index contributed by atoms with van der Waals surface area (Å²) in [4.78, 5) is 1.54. The number of halogens is 3. The largest absolute Gasteiger partial charge is 0.329 e. The number of hydrogen-bond donors (Lipinski definition) is 1. The molecule has 1 aromatic rings. The summed E-state index contributed by atoms with van der Waals surface area (Å²) in [6.45, 7) is -0.0159. The highest BCUT2D eigenvalue weighted by Crippen LogP contribution is 2.22. The van der Waals surface area contributed by atoms with E-state index in [2.05, 4.69) is 0 Å². The van der Waals surface area contributed by atoms with Crippen molar-refractivity contribution < 1.29 is 8.78 Å². The number of alkyl halides is 2. The molecule has 0 radical (unpaired) electrons. The number of nitrogens with two attached hydrogens (primary N) is 1. The fourth-order valence-electron chi connectivity index (χ4n) is 1.63. The SMILES string of the molecule is CN(CC(F)F)C(CN)c1cccc(Cl)c1. The van der Waals surface area contributed by atoms with E-state index in [1.54, 1.807) is 25.2 Å². The Hall–Kier alpha value is -0.710. The minimum absolute atomic E-state index is 0.229. The van der Waals surface area contributed by atoms with Crippen LogP contribution in [0.1, 0.15) is 11.6 Å². The van der Waals surface area contributed by atoms with Crippen LogP contribution in [0.3, 0.4) is 0 Å². The van der Waals surface area contributed by atoms with Gasteiger partial charge >= 0.3 is 0 Å². The average Bonchev–Trinajstić information content (AvgIpc) is 2.17. The van der Waals surface area contributed by atoms with Crippen LogP contribution in [0.25, 0.3) is 0 Å². The van der Waals surface area contributed by atoms with Crippen LogP contribution < -0.4 is 5.73 Å². The third-order valence-electron chi connectivity index (χ3n) is 2.41. The molecule has 1 aromatic carbocycles. The molecule has 0 aromatic heterocycles. The molecule has 90 valence electrons. The molecular formula is C11H15ClF2N2. The highest BCUT2D eigenvalue weighted by atomic mass is 35.5. The Labute approximate surface area is 99.0 Å². The van der Waals surface area contributed by atoms with Crippen LogP contribution in [0.4, 0.5) is 8.78 Å². The van der Waals surface area contributed by atoms with E-state index in [1.807, 2.05) is 6.07 Å². The zero-order chi connectivity index (χ0) is 12.1. The predicted molar refractivity (Wildman–Crippen MR) is 61.9 cm³/mol. The van der Waals surface area contributed by atoms with Crippen molar-refractivity contribution >= 4 is 11.6 Å². The highest BCUT2D eigenvalue weighted by Gasteiger charge is 2.18. The molecule has 2 N–H and O–H groups in total. The van der Waals surface area contributed by atoms with Gasteiger partial charge in [0.1, 0.15) is 0 Å². The third kappa shape index (κ3) is 3.70. The summed E-state index contributed by atoms with van der Waals surface area (Å²) < 4.78 is 24.5. The Bertz CT molecular complexity index is 334. The summed E-state index contributed by atoms with van der Waals surface area (Å²) in [5.74, 6) is 0. The van der Waals surface area contributed by atoms with Gasteiger partial charge in [-0.25, -0.2) is 8.78 Å². The Morgan fingerprint density at radius 2 is 2.12 bits per heavy atom. The van der Waals surface area contributed by atoms with E-state index < -0.39 is 6.43 Å². The first-order valence-corrected chi connectivity index (χ1v) is 5.36. The lowest BCUT2D eigenvalue weighted by Crippen LogP contribution is -2.33. The third-order valence-corrected chi connectivity index (χ3v) is 2.65. The fraction of sp³-hybridized carbons (Fsp3) is 0.455. The number of nitrogens with zero attached hydrogens (tertiary/aromatic N) is 1. The topological polar surface area (TPSA) is 29.3 Å². The molecule has 1 unspecified atom stereocenters. The van der Waals surface area contributed by atoms with Gasteiger partial charge in [0.2, 0.25) is 0 Å². The van der Waals surface area contributed by atoms with Crippen LogP contribution in [0.5, 0.6) is 0 Å². The second kappa shape index (κ2) is 6.13. The van der Waals surface area contributed by atoms with Gasteiger partial charge in [0.05, 0.1) is 6.54 Å². The average molecular weight is 249 g/mol. The summed E-state index contributed by atoms with van der Waals surface area (Å²) in [5.41, 5.74) is 6.46. The maximum Gasteiger partial charge on any atom is 0.251 e. The first kappa shape index (κ1) is 13.4. The number of hydrogen-bond acceptors (Lipinski definition) is 2. The van der Waals surface area contributed by atoms with E-state index in [9.17, 15) is 8.78 Å². The van der Waals surface area contributed by atoms with Gasteiger partial charge in [-0.15, -0.1) is 0 Å². The quantitative estimate of drug-likeness (QED) is 0.868. The smallest absolute Gasteiger partial charge is 0.251 e. The van der Waals surface area contributed by atoms with Gasteiger partial charge in [0, 0.05) is 17.6 Å². The first-order chi connectivity index (χ1) is 7.54. The number of rotatable bonds is 5. The van der Waals surface area contributed by atoms with Gasteiger partial charge in [-0.3, -0.25) is 4.90 Å². The maximum atomic E-state index is 12.3. The van der Waals surface area contributed by atoms with Gasteiger partial charge in [-0.2, -0.15) is 0 Å². The standard InChI is InChI=1S/C11H15ClF2N2/c1-16(7-11(13)14)10(6-15)8-3-2-4-9(12)5-8/h2-5,10-11H,6-7,15H2,1H3. The zero-order valence-corrected chi connectivity index (χ0v) is 9.79. The van der Waals surface area contributed by atoms with E-state index in [0.29, 0.717) is 5.02 Å². The summed E-state index contributed by atoms with van der Waals surface area (Å²) in [6, 6.07) is 6.89. The summed E-state index contributed by atoms with van der Waals surface area (Å²) in [7, 11) is 1.63. The van der Waals surface area contributed by atoms with Crippen LogP contribution >= 0.6 is 11.6 Å². The van der Waals surface area contributed by atoms with Crippen molar-refractivity contribution in [3.05, 3.63) is 34.9 Å². The van der Waals surface area contributed by atoms with Crippen molar-refractivity contribution in [2.45, 2.75) is 12.5 Å². The summed E-state index contributed by atoms with van der Waals surface area (Å²) in [6.07, 6.45) is -2.36. The van der Waals surface area contributed by atoms with Crippen molar-refractivity contribution in [1.29, 1.82) is 0 Å². The van der Waals surface area contributed by atoms with Gasteiger partial charge < -0.3 is 5.73 Å². The second-order valence-electron chi connectivity index (χ2n) is 3.64. The lowest BCUT2D eigenvalue weighted by molar-refractivity contribution is 0.0822. The lowest BCUT2D eigenvalue weighted by atomic mass is 10.1. The molecule has 0 aliphatic heterocycles. The molecule has 0 heterocycles. The second-order valence-corrected chi connectivity index (χ2v) is 4.07. The molecule has 0 aliphatic carbocycles. The molecule has 0 aliphatic rings. The molecule has 0 spiro atoms. The molecule has 0 saturated carbocycles. The van der Waals surface area contributed by atoms with Crippen LogP contribution in [0.2, 0.25) is 5.02 Å². The van der Waals surface area contributed by atoms with E-state index in [1.165, 1.54) is 4.90 Å². The van der Waals surface area contributed by atoms with Crippen LogP contribution in [-0.4, -0.2) is 31.5 Å². The van der Waals surface area contributed by atoms with Crippen molar-refractivity contribution in [2.75, 3.05) is 20.1 Å². The minimum Gasteiger partial charge on any atom is -0.329 e. The molecule has 16 heavy (non-hydrogen) atoms. The molecule has 5 heteroatoms. The molecule has 2 nitrogen and oxygen atoms in total. The molecule has 0 fully saturated rings. The van der Waals surface area contributed by atoms with Gasteiger partial charge in [-0.05, 0) is 24.7 Å². The van der Waals surface area contributed by atoms with E-state index >= 15 is 0 Å². The van der Waals surface area contributed by atoms with Crippen LogP contribution in [-0.2, 0) is 0 Å². The molecule has 0 saturated heterocycles. The predicted octanol–water partition coefficient (Wildman–Crippen LogP) is 2.54. The molecule has 1 rings (SSSR count). The van der Waals surface area contributed by atoms with Crippen molar-refractivity contribution in [1.82, 2.24) is 4.90 Å². The van der Waals surface area contributed by atoms with E-state index in [4.69, 9.17) is 17.3 Å². The minimum atomic E-state index is -2.36. The Morgan fingerprint density at radius 3 is 2.62 bits per heavy atom.